The van der Waals surface area contributed by atoms with E-state index >= 15 is 14.4 Å². The van der Waals surface area contributed by atoms with Crippen LogP contribution in [0.25, 0.3) is 22.3 Å². The van der Waals surface area contributed by atoms with E-state index in [4.69, 9.17) is 22.6 Å². The van der Waals surface area contributed by atoms with Crippen LogP contribution in [0, 0.1) is 23.2 Å². The average Bonchev–Trinajstić information content (AvgIpc) is 1.72. The minimum atomic E-state index is -1.90. The third-order valence-corrected chi connectivity index (χ3v) is 23.0. The van der Waals surface area contributed by atoms with Gasteiger partial charge >= 0.3 is 5.97 Å². The Hall–Kier alpha value is -12.8. The van der Waals surface area contributed by atoms with Crippen LogP contribution in [0.4, 0.5) is 0 Å². The van der Waals surface area contributed by atoms with Gasteiger partial charge in [0.05, 0.1) is 25.3 Å². The summed E-state index contributed by atoms with van der Waals surface area (Å²) in [5.41, 5.74) is 22.1. The highest BCUT2D eigenvalue weighted by Gasteiger charge is 2.44. The van der Waals surface area contributed by atoms with Gasteiger partial charge in [-0.1, -0.05) is 181 Å². The number of carboxylic acid groups (broad SMARTS) is 1. The zero-order valence-corrected chi connectivity index (χ0v) is 73.6. The summed E-state index contributed by atoms with van der Waals surface area (Å²) in [6, 6.07) is 24.4. The molecule has 36 nitrogen and oxygen atoms in total. The lowest BCUT2D eigenvalue weighted by molar-refractivity contribution is -0.145. The predicted octanol–water partition coefficient (Wildman–Crippen LogP) is 0.520. The highest BCUT2D eigenvalue weighted by molar-refractivity contribution is 8.00. The first kappa shape index (κ1) is 99.6. The van der Waals surface area contributed by atoms with Gasteiger partial charge in [-0.05, 0) is 121 Å². The van der Waals surface area contributed by atoms with Crippen LogP contribution in [0.1, 0.15) is 122 Å². The second-order valence-electron chi connectivity index (χ2n) is 33.2. The number of nitrogens with zero attached hydrogens (tertiary/aromatic N) is 3. The Morgan fingerprint density at radius 1 is 0.480 bits per heavy atom. The number of fused-ring (bicyclic) bond motifs is 2. The van der Waals surface area contributed by atoms with Crippen molar-refractivity contribution in [1.29, 1.82) is 5.41 Å². The van der Waals surface area contributed by atoms with Crippen LogP contribution in [-0.4, -0.2) is 251 Å². The van der Waals surface area contributed by atoms with Crippen molar-refractivity contribution in [3.8, 4) is 22.3 Å². The molecule has 0 spiro atoms. The molecule has 3 saturated heterocycles. The molecule has 0 bridgehead atoms. The van der Waals surface area contributed by atoms with Crippen molar-refractivity contribution >= 4 is 112 Å². The summed E-state index contributed by atoms with van der Waals surface area (Å²) < 4.78 is 0. The molecule has 3 aliphatic rings. The fraction of sp³-hybridized carbons (Fsp3) is 0.478. The summed E-state index contributed by atoms with van der Waals surface area (Å²) in [5.74, 6) is -17.5. The number of carboxylic acids is 1. The molecule has 0 saturated carbocycles. The number of nitrogens with two attached hydrogens (primary N) is 3. The Bertz CT molecular complexity index is 4670. The van der Waals surface area contributed by atoms with Crippen molar-refractivity contribution in [2.75, 3.05) is 57.8 Å². The molecule has 3 fully saturated rings. The SMILES string of the molecule is CC(C)C[C@@H]1NC(=O)[C@H](CCCN)NC(=O)[C@H](C(C)C)NC(=O)[C@@H]2CCCN2C(=O)[C@H](C(C)C)NC(=O)[C@H](CCCNC(=N)N)NC(=O)[C@H](CC(=O)O)NC(=O)[C@@H]2CCCN2C(=O)CN(C)C(=O)[C@H](Cc2ccc(-c3ccccc3)cc2)NC(=O)[C@H](Cc2ccc(-c3ccccc3)cc2)NC(=O)[C@H](Cc2ccccc2)NC(=O)CSC[C@@H](C(=O)NCC(N)=O)NC1=O. The topological polar surface area (TPSA) is 549 Å². The largest absolute Gasteiger partial charge is 0.481 e. The van der Waals surface area contributed by atoms with Crippen molar-refractivity contribution < 1.29 is 81.8 Å². The molecule has 5 aromatic carbocycles. The van der Waals surface area contributed by atoms with Gasteiger partial charge in [0.15, 0.2) is 5.96 Å². The summed E-state index contributed by atoms with van der Waals surface area (Å²) in [5, 5.41) is 50.1. The second kappa shape index (κ2) is 49.2. The molecule has 3 aliphatic heterocycles. The van der Waals surface area contributed by atoms with Gasteiger partial charge in [0, 0.05) is 51.7 Å². The van der Waals surface area contributed by atoms with Gasteiger partial charge in [-0.2, -0.15) is 0 Å². The van der Waals surface area contributed by atoms with Crippen molar-refractivity contribution in [2.45, 2.75) is 198 Å². The van der Waals surface area contributed by atoms with Crippen molar-refractivity contribution in [3.63, 3.8) is 0 Å². The van der Waals surface area contributed by atoms with Crippen LogP contribution in [0.2, 0.25) is 0 Å². The molecule has 684 valence electrons. The molecule has 20 N–H and O–H groups in total. The Morgan fingerprint density at radius 3 is 1.45 bits per heavy atom. The zero-order chi connectivity index (χ0) is 92.6. The molecular formula is C90H121N19O17S. The van der Waals surface area contributed by atoms with E-state index in [0.717, 1.165) is 38.9 Å². The molecule has 0 aromatic heterocycles. The number of hydrogen-bond acceptors (Lipinski definition) is 19. The summed E-state index contributed by atoms with van der Waals surface area (Å²) in [6.45, 7) is 8.67. The van der Waals surface area contributed by atoms with E-state index in [1.807, 2.05) is 84.9 Å². The van der Waals surface area contributed by atoms with Crippen LogP contribution < -0.4 is 81.0 Å². The lowest BCUT2D eigenvalue weighted by atomic mass is 9.98. The average molecular weight is 1770 g/mol. The van der Waals surface area contributed by atoms with Crippen molar-refractivity contribution in [3.05, 3.63) is 156 Å². The van der Waals surface area contributed by atoms with Crippen LogP contribution in [-0.2, 0) is 96.0 Å². The number of carbonyl (C=O) groups is 16. The molecule has 5 aromatic rings. The van der Waals surface area contributed by atoms with E-state index in [1.165, 1.54) is 16.8 Å². The Kier molecular flexibility index (Phi) is 38.6. The highest BCUT2D eigenvalue weighted by atomic mass is 32.2. The summed E-state index contributed by atoms with van der Waals surface area (Å²) in [7, 11) is 1.32. The van der Waals surface area contributed by atoms with Crippen molar-refractivity contribution in [1.82, 2.24) is 78.5 Å². The molecule has 0 aliphatic carbocycles. The zero-order valence-electron chi connectivity index (χ0n) is 72.7. The standard InChI is InChI=1S/C90H121N19O17S/c1-52(2)43-64-81(118)104-69(78(115)96-48-72(92)110)50-127-51-73(111)97-65(44-55-21-11-8-12-22-55)82(119)101-66(45-56-31-35-60(36-32-56)58-23-13-9-14-24-58)83(120)103-68(46-57-33-37-61(38-34-57)59-25-15-10-16-26-59)88(125)107(7)49-74(112)108-41-19-29-70(108)85(122)102-67(47-75(113)114)84(121)98-63(28-18-40-95-90(93)94)80(117)106-77(54(5)6)89(126)109-42-20-30-71(109)86(123)105-76(53(3)4)87(124)99-62(27-17-39-91)79(116)100-64/h8-16,21-26,31-38,52-54,62-71,76-77H,17-20,27-30,39-51,91H2,1-7H3,(H2,92,110)(H,96,115)(H,97,111)(H,98,121)(H,99,124)(H,100,116)(H,101,119)(H,102,122)(H,103,120)(H,104,118)(H,105,123)(H,106,117)(H,113,114)(H4,93,94,95)/t62-,63-,64-,65-,66-,67-,68-,69-,70-,71-,76-,77-/m0/s1. The maximum Gasteiger partial charge on any atom is 0.305 e. The van der Waals surface area contributed by atoms with Gasteiger partial charge in [0.25, 0.3) is 0 Å². The van der Waals surface area contributed by atoms with E-state index in [0.29, 0.717) is 23.1 Å². The fourth-order valence-electron chi connectivity index (χ4n) is 15.2. The Labute approximate surface area is 743 Å². The Morgan fingerprint density at radius 2 is 0.913 bits per heavy atom. The molecule has 12 atom stereocenters. The lowest BCUT2D eigenvalue weighted by Crippen LogP contribution is -2.61. The number of guanidine groups is 1. The number of aliphatic carboxylic acids is 1. The third-order valence-electron chi connectivity index (χ3n) is 22.0. The molecule has 0 radical (unpaired) electrons. The maximum absolute atomic E-state index is 15.6. The summed E-state index contributed by atoms with van der Waals surface area (Å²) in [4.78, 5) is 235. The van der Waals surface area contributed by atoms with Gasteiger partial charge in [0.2, 0.25) is 88.6 Å². The van der Waals surface area contributed by atoms with Gasteiger partial charge in [-0.3, -0.25) is 82.1 Å². The van der Waals surface area contributed by atoms with Crippen molar-refractivity contribution in [2.24, 2.45) is 35.0 Å². The number of primary amides is 1. The number of rotatable bonds is 24. The third kappa shape index (κ3) is 30.8. The minimum Gasteiger partial charge on any atom is -0.481 e. The van der Waals surface area contributed by atoms with Crippen LogP contribution in [0.5, 0.6) is 0 Å². The number of carbonyl (C=O) groups excluding carboxylic acids is 15. The van der Waals surface area contributed by atoms with Crippen LogP contribution in [0.3, 0.4) is 0 Å². The first-order chi connectivity index (χ1) is 60.6. The number of hydrogen-bond donors (Lipinski definition) is 17. The monoisotopic (exact) mass is 1770 g/mol. The first-order valence-electron chi connectivity index (χ1n) is 42.9. The summed E-state index contributed by atoms with van der Waals surface area (Å²) >= 11 is 0.842. The molecule has 37 heteroatoms. The first-order valence-corrected chi connectivity index (χ1v) is 44.1. The summed E-state index contributed by atoms with van der Waals surface area (Å²) in [6.07, 6.45) is -1.05. The Balaban J connectivity index is 1.18. The van der Waals surface area contributed by atoms with Crippen LogP contribution >= 0.6 is 11.8 Å². The van der Waals surface area contributed by atoms with Crippen LogP contribution in [0.15, 0.2) is 140 Å². The fourth-order valence-corrected chi connectivity index (χ4v) is 16.1. The van der Waals surface area contributed by atoms with E-state index in [-0.39, 0.29) is 108 Å². The molecule has 0 unspecified atom stereocenters. The predicted molar refractivity (Wildman–Crippen MR) is 476 cm³/mol. The second-order valence-corrected chi connectivity index (χ2v) is 34.2. The number of likely N-dealkylation sites (N-methyl/N-ethyl adjacent to an activating group) is 1. The highest BCUT2D eigenvalue weighted by Crippen LogP contribution is 2.26. The number of thioether (sulfide) groups is 1. The van der Waals surface area contributed by atoms with Gasteiger partial charge in [-0.15, -0.1) is 11.8 Å². The van der Waals surface area contributed by atoms with Gasteiger partial charge in [0.1, 0.15) is 72.5 Å². The number of benzene rings is 5. The quantitative estimate of drug-likeness (QED) is 0.0227. The molecule has 8 rings (SSSR count). The lowest BCUT2D eigenvalue weighted by Gasteiger charge is -2.33. The normalized spacial score (nSPS) is 23.3. The molecular weight excluding hydrogens is 1650 g/mol. The van der Waals surface area contributed by atoms with E-state index in [2.05, 4.69) is 63.8 Å². The van der Waals surface area contributed by atoms with E-state index in [9.17, 15) is 67.4 Å². The maximum atomic E-state index is 15.6. The molecule has 3 heterocycles. The molecule has 127 heavy (non-hydrogen) atoms. The van der Waals surface area contributed by atoms with E-state index in [1.54, 1.807) is 96.1 Å². The van der Waals surface area contributed by atoms with Gasteiger partial charge < -0.3 is 101 Å². The molecule has 15 amide bonds. The minimum absolute atomic E-state index is 0.00393. The smallest absolute Gasteiger partial charge is 0.305 e. The van der Waals surface area contributed by atoms with E-state index < -0.39 is 210 Å². The van der Waals surface area contributed by atoms with Gasteiger partial charge in [-0.25, -0.2) is 0 Å². The number of amides is 15. The number of nitrogens with one attached hydrogen (secondary N) is 13.